The van der Waals surface area contributed by atoms with Gasteiger partial charge in [0.2, 0.25) is 0 Å². The number of aromatic nitrogens is 6. The smallest absolute Gasteiger partial charge is 0.255 e. The third-order valence-electron chi connectivity index (χ3n) is 6.87. The van der Waals surface area contributed by atoms with Crippen LogP contribution >= 0.6 is 0 Å². The number of anilines is 1. The summed E-state index contributed by atoms with van der Waals surface area (Å²) in [7, 11) is 1.54. The van der Waals surface area contributed by atoms with Crippen LogP contribution in [0.3, 0.4) is 0 Å². The Bertz CT molecular complexity index is 1560. The molecular formula is C26H26N8O2. The number of ether oxygens (including phenoxy) is 1. The van der Waals surface area contributed by atoms with E-state index in [-0.39, 0.29) is 5.91 Å². The van der Waals surface area contributed by atoms with Crippen molar-refractivity contribution in [2.75, 3.05) is 12.8 Å². The van der Waals surface area contributed by atoms with Gasteiger partial charge < -0.3 is 15.8 Å². The van der Waals surface area contributed by atoms with E-state index in [2.05, 4.69) is 25.5 Å². The van der Waals surface area contributed by atoms with Crippen molar-refractivity contribution in [1.82, 2.24) is 35.3 Å². The average Bonchev–Trinajstić information content (AvgIpc) is 3.66. The predicted molar refractivity (Wildman–Crippen MR) is 136 cm³/mol. The average molecular weight is 483 g/mol. The van der Waals surface area contributed by atoms with Crippen molar-refractivity contribution in [2.45, 2.75) is 38.3 Å². The number of H-pyrrole nitrogens is 1. The molecule has 0 spiro atoms. The number of aromatic amines is 1. The first kappa shape index (κ1) is 22.0. The highest BCUT2D eigenvalue weighted by Gasteiger charge is 2.24. The van der Waals surface area contributed by atoms with Gasteiger partial charge in [0.1, 0.15) is 23.6 Å². The summed E-state index contributed by atoms with van der Waals surface area (Å²) in [5.41, 5.74) is 11.0. The van der Waals surface area contributed by atoms with Gasteiger partial charge in [0.15, 0.2) is 5.65 Å². The van der Waals surface area contributed by atoms with Crippen LogP contribution in [0.15, 0.2) is 48.9 Å². The van der Waals surface area contributed by atoms with Crippen molar-refractivity contribution in [3.8, 4) is 17.0 Å². The third-order valence-corrected chi connectivity index (χ3v) is 6.87. The summed E-state index contributed by atoms with van der Waals surface area (Å²) < 4.78 is 7.43. The van der Waals surface area contributed by atoms with Crippen molar-refractivity contribution >= 4 is 33.7 Å². The van der Waals surface area contributed by atoms with Gasteiger partial charge in [0.25, 0.3) is 5.91 Å². The summed E-state index contributed by atoms with van der Waals surface area (Å²) >= 11 is 0. The minimum atomic E-state index is -0.217. The lowest BCUT2D eigenvalue weighted by molar-refractivity contribution is 0.0948. The van der Waals surface area contributed by atoms with E-state index >= 15 is 0 Å². The Morgan fingerprint density at radius 3 is 2.78 bits per heavy atom. The number of nitrogen functional groups attached to an aromatic ring is 1. The number of carbonyl (C=O) groups is 1. The fourth-order valence-corrected chi connectivity index (χ4v) is 4.98. The molecule has 0 aliphatic heterocycles. The van der Waals surface area contributed by atoms with Crippen molar-refractivity contribution in [2.24, 2.45) is 0 Å². The Hall–Kier alpha value is -4.47. The van der Waals surface area contributed by atoms with Crippen molar-refractivity contribution in [3.63, 3.8) is 0 Å². The molecule has 0 radical (unpaired) electrons. The van der Waals surface area contributed by atoms with Crippen LogP contribution in [0.5, 0.6) is 5.75 Å². The van der Waals surface area contributed by atoms with Crippen molar-refractivity contribution in [3.05, 3.63) is 60.0 Å². The Balaban J connectivity index is 1.24. The number of amides is 1. The molecule has 0 unspecified atom stereocenters. The van der Waals surface area contributed by atoms with Gasteiger partial charge in [-0.05, 0) is 24.5 Å². The molecule has 0 atom stereocenters. The standard InChI is InChI=1S/C26H26N8O2/c1-36-21-11-20-17(13-31-32-20)10-19(21)26(35)28-12-15-6-8-16(9-7-15)23-22-24(27)29-14-30-25(22)34(33-23)18-4-2-3-5-18/h6-11,13-14,18H,2-5,12H2,1H3,(H,28,35)(H,31,32)(H2,27,29,30). The maximum Gasteiger partial charge on any atom is 0.255 e. The fraction of sp³-hybridized carbons (Fsp3) is 0.269. The van der Waals surface area contributed by atoms with Crippen LogP contribution in [-0.2, 0) is 6.54 Å². The van der Waals surface area contributed by atoms with Gasteiger partial charge in [-0.25, -0.2) is 14.6 Å². The van der Waals surface area contributed by atoms with Crippen molar-refractivity contribution < 1.29 is 9.53 Å². The number of rotatable bonds is 6. The fourth-order valence-electron chi connectivity index (χ4n) is 4.98. The molecule has 2 aromatic carbocycles. The monoisotopic (exact) mass is 482 g/mol. The van der Waals surface area contributed by atoms with E-state index < -0.39 is 0 Å². The molecule has 3 aromatic heterocycles. The molecule has 6 rings (SSSR count). The molecule has 3 heterocycles. The molecule has 10 heteroatoms. The first-order chi connectivity index (χ1) is 17.6. The number of hydrogen-bond donors (Lipinski definition) is 3. The molecule has 5 aromatic rings. The number of carbonyl (C=O) groups excluding carboxylic acids is 1. The van der Waals surface area contributed by atoms with Crippen LogP contribution in [0.25, 0.3) is 33.2 Å². The van der Waals surface area contributed by atoms with Crippen LogP contribution in [0.1, 0.15) is 47.6 Å². The molecule has 0 saturated heterocycles. The largest absolute Gasteiger partial charge is 0.496 e. The third kappa shape index (κ3) is 3.80. The van der Waals surface area contributed by atoms with E-state index in [9.17, 15) is 4.79 Å². The maximum atomic E-state index is 12.9. The second-order valence-corrected chi connectivity index (χ2v) is 9.08. The van der Waals surface area contributed by atoms with Gasteiger partial charge in [-0.15, -0.1) is 0 Å². The lowest BCUT2D eigenvalue weighted by Gasteiger charge is -2.10. The van der Waals surface area contributed by atoms with Crippen LogP contribution < -0.4 is 15.8 Å². The zero-order valence-electron chi connectivity index (χ0n) is 19.9. The number of fused-ring (bicyclic) bond motifs is 2. The minimum absolute atomic E-state index is 0.217. The Labute approximate surface area is 206 Å². The number of nitrogens with one attached hydrogen (secondary N) is 2. The van der Waals surface area contributed by atoms with Gasteiger partial charge in [0, 0.05) is 23.6 Å². The summed E-state index contributed by atoms with van der Waals surface area (Å²) in [6.45, 7) is 0.369. The lowest BCUT2D eigenvalue weighted by atomic mass is 10.1. The Morgan fingerprint density at radius 1 is 1.19 bits per heavy atom. The number of benzene rings is 2. The highest BCUT2D eigenvalue weighted by atomic mass is 16.5. The molecule has 0 bridgehead atoms. The van der Waals surface area contributed by atoms with Crippen molar-refractivity contribution in [1.29, 1.82) is 0 Å². The summed E-state index contributed by atoms with van der Waals surface area (Å²) in [5, 5.41) is 16.4. The van der Waals surface area contributed by atoms with E-state index in [1.807, 2.05) is 28.9 Å². The molecule has 10 nitrogen and oxygen atoms in total. The van der Waals surface area contributed by atoms with E-state index in [1.54, 1.807) is 25.4 Å². The topological polar surface area (TPSA) is 137 Å². The van der Waals surface area contributed by atoms with Gasteiger partial charge in [-0.1, -0.05) is 37.1 Å². The SMILES string of the molecule is COc1cc2[nH]ncc2cc1C(=O)NCc1ccc(-c2nn(C3CCCC3)c3ncnc(N)c23)cc1. The van der Waals surface area contributed by atoms with Gasteiger partial charge in [-0.3, -0.25) is 9.89 Å². The van der Waals surface area contributed by atoms with E-state index in [1.165, 1.54) is 19.2 Å². The van der Waals surface area contributed by atoms with E-state index in [0.29, 0.717) is 29.7 Å². The first-order valence-corrected chi connectivity index (χ1v) is 12.0. The Morgan fingerprint density at radius 2 is 2.00 bits per heavy atom. The van der Waals surface area contributed by atoms with Gasteiger partial charge in [0.05, 0.1) is 35.8 Å². The molecule has 1 aliphatic carbocycles. The van der Waals surface area contributed by atoms with E-state index in [4.69, 9.17) is 15.6 Å². The zero-order valence-corrected chi connectivity index (χ0v) is 19.9. The predicted octanol–water partition coefficient (Wildman–Crippen LogP) is 4.01. The molecule has 36 heavy (non-hydrogen) atoms. The number of nitrogens with zero attached hydrogens (tertiary/aromatic N) is 5. The highest BCUT2D eigenvalue weighted by molar-refractivity contribution is 6.01. The normalized spacial score (nSPS) is 14.0. The minimum Gasteiger partial charge on any atom is -0.496 e. The summed E-state index contributed by atoms with van der Waals surface area (Å²) in [4.78, 5) is 21.6. The second kappa shape index (κ2) is 8.95. The molecule has 1 amide bonds. The molecule has 182 valence electrons. The molecule has 1 fully saturated rings. The molecular weight excluding hydrogens is 456 g/mol. The Kier molecular flexibility index (Phi) is 5.48. The summed E-state index contributed by atoms with van der Waals surface area (Å²) in [5.74, 6) is 0.702. The van der Waals surface area contributed by atoms with Gasteiger partial charge >= 0.3 is 0 Å². The summed E-state index contributed by atoms with van der Waals surface area (Å²) in [6, 6.07) is 11.8. The first-order valence-electron chi connectivity index (χ1n) is 12.0. The molecule has 1 saturated carbocycles. The summed E-state index contributed by atoms with van der Waals surface area (Å²) in [6.07, 6.45) is 7.77. The van der Waals surface area contributed by atoms with Crippen LogP contribution in [0.4, 0.5) is 5.82 Å². The van der Waals surface area contributed by atoms with Gasteiger partial charge in [-0.2, -0.15) is 10.2 Å². The highest BCUT2D eigenvalue weighted by Crippen LogP contribution is 2.36. The second-order valence-electron chi connectivity index (χ2n) is 9.08. The maximum absolute atomic E-state index is 12.9. The molecule has 4 N–H and O–H groups in total. The van der Waals surface area contributed by atoms with Crippen LogP contribution in [-0.4, -0.2) is 43.0 Å². The molecule has 1 aliphatic rings. The quantitative estimate of drug-likeness (QED) is 0.333. The van der Waals surface area contributed by atoms with Crippen LogP contribution in [0, 0.1) is 0 Å². The van der Waals surface area contributed by atoms with Crippen LogP contribution in [0.2, 0.25) is 0 Å². The lowest BCUT2D eigenvalue weighted by Crippen LogP contribution is -2.23. The number of hydrogen-bond acceptors (Lipinski definition) is 7. The number of methoxy groups -OCH3 is 1. The number of nitrogens with two attached hydrogens (primary N) is 1. The van der Waals surface area contributed by atoms with E-state index in [0.717, 1.165) is 51.6 Å². The zero-order chi connectivity index (χ0) is 24.6.